The third-order valence-electron chi connectivity index (χ3n) is 4.91. The van der Waals surface area contributed by atoms with Gasteiger partial charge in [-0.05, 0) is 48.7 Å². The van der Waals surface area contributed by atoms with Gasteiger partial charge in [-0.2, -0.15) is 4.98 Å². The average Bonchev–Trinajstić information content (AvgIpc) is 3.21. The van der Waals surface area contributed by atoms with Gasteiger partial charge in [-0.15, -0.1) is 0 Å². The Morgan fingerprint density at radius 1 is 1.03 bits per heavy atom. The van der Waals surface area contributed by atoms with Gasteiger partial charge >= 0.3 is 0 Å². The summed E-state index contributed by atoms with van der Waals surface area (Å²) in [5, 5.41) is 6.74. The molecule has 0 radical (unpaired) electrons. The summed E-state index contributed by atoms with van der Waals surface area (Å²) in [5.41, 5.74) is 2.79. The molecule has 1 unspecified atom stereocenters. The minimum absolute atomic E-state index is 0.250. The van der Waals surface area contributed by atoms with Crippen molar-refractivity contribution < 1.29 is 9.47 Å². The summed E-state index contributed by atoms with van der Waals surface area (Å²) >= 11 is 0. The SMILES string of the molecule is N=S1CCCCNc2nc(ncc2-c2ccc3c(c2)OCO3)Nc2cccc1c2. The maximum Gasteiger partial charge on any atom is 0.231 e. The molecule has 2 aliphatic rings. The fourth-order valence-corrected chi connectivity index (χ4v) is 4.64. The minimum Gasteiger partial charge on any atom is -0.454 e. The normalized spacial score (nSPS) is 17.9. The summed E-state index contributed by atoms with van der Waals surface area (Å²) in [6, 6.07) is 13.9. The van der Waals surface area contributed by atoms with Gasteiger partial charge in [0, 0.05) is 34.6 Å². The summed E-state index contributed by atoms with van der Waals surface area (Å²) in [5.74, 6) is 3.66. The average molecular weight is 407 g/mol. The van der Waals surface area contributed by atoms with Crippen LogP contribution in [0.1, 0.15) is 12.8 Å². The minimum atomic E-state index is -0.507. The van der Waals surface area contributed by atoms with E-state index in [-0.39, 0.29) is 6.79 Å². The number of fused-ring (bicyclic) bond motifs is 5. The second-order valence-corrected chi connectivity index (χ2v) is 8.57. The second-order valence-electron chi connectivity index (χ2n) is 6.91. The third kappa shape index (κ3) is 3.75. The number of hydrogen-bond donors (Lipinski definition) is 3. The molecule has 2 aromatic carbocycles. The number of rotatable bonds is 1. The predicted molar refractivity (Wildman–Crippen MR) is 114 cm³/mol. The first-order valence-electron chi connectivity index (χ1n) is 9.56. The van der Waals surface area contributed by atoms with Gasteiger partial charge in [-0.25, -0.2) is 4.98 Å². The van der Waals surface area contributed by atoms with E-state index < -0.39 is 10.7 Å². The van der Waals surface area contributed by atoms with Gasteiger partial charge in [-0.3, -0.25) is 4.78 Å². The number of nitrogens with zero attached hydrogens (tertiary/aromatic N) is 2. The number of benzene rings is 2. The van der Waals surface area contributed by atoms with Gasteiger partial charge in [0.05, 0.1) is 0 Å². The van der Waals surface area contributed by atoms with Crippen LogP contribution in [-0.2, 0) is 10.7 Å². The lowest BCUT2D eigenvalue weighted by Crippen LogP contribution is -2.08. The molecule has 0 saturated heterocycles. The largest absolute Gasteiger partial charge is 0.454 e. The molecule has 0 saturated carbocycles. The Labute approximate surface area is 171 Å². The Morgan fingerprint density at radius 3 is 2.93 bits per heavy atom. The van der Waals surface area contributed by atoms with E-state index >= 15 is 0 Å². The summed E-state index contributed by atoms with van der Waals surface area (Å²) in [6.45, 7) is 1.04. The zero-order chi connectivity index (χ0) is 19.6. The van der Waals surface area contributed by atoms with E-state index in [2.05, 4.69) is 15.6 Å². The molecule has 3 N–H and O–H groups in total. The highest BCUT2D eigenvalue weighted by Gasteiger charge is 2.17. The number of aromatic nitrogens is 2. The van der Waals surface area contributed by atoms with Gasteiger partial charge in [0.2, 0.25) is 12.7 Å². The van der Waals surface area contributed by atoms with Crippen molar-refractivity contribution in [2.24, 2.45) is 0 Å². The second kappa shape index (κ2) is 7.71. The monoisotopic (exact) mass is 407 g/mol. The first-order valence-corrected chi connectivity index (χ1v) is 11.0. The van der Waals surface area contributed by atoms with E-state index in [0.717, 1.165) is 64.2 Å². The van der Waals surface area contributed by atoms with Crippen molar-refractivity contribution in [2.75, 3.05) is 29.7 Å². The molecule has 148 valence electrons. The standard InChI is InChI=1S/C21H21N5O2S/c22-29-9-2-1-8-23-20-17(14-6-7-18-19(10-14)28-13-27-18)12-24-21(26-20)25-15-4-3-5-16(29)11-15/h3-7,10-12,22H,1-2,8-9,13H2,(H2,23,24,25,26). The van der Waals surface area contributed by atoms with Crippen molar-refractivity contribution in [3.8, 4) is 22.6 Å². The molecule has 0 spiro atoms. The molecule has 4 bridgehead atoms. The fourth-order valence-electron chi connectivity index (χ4n) is 3.40. The molecule has 5 rings (SSSR count). The molecule has 8 heteroatoms. The first-order chi connectivity index (χ1) is 14.3. The number of ether oxygens (including phenoxy) is 2. The van der Waals surface area contributed by atoms with Gasteiger partial charge in [0.1, 0.15) is 5.82 Å². The topological polar surface area (TPSA) is 92.2 Å². The quantitative estimate of drug-likeness (QED) is 0.548. The maximum atomic E-state index is 8.43. The van der Waals surface area contributed by atoms with Crippen LogP contribution in [0.3, 0.4) is 0 Å². The van der Waals surface area contributed by atoms with Crippen LogP contribution in [0, 0.1) is 4.78 Å². The van der Waals surface area contributed by atoms with Crippen molar-refractivity contribution in [3.63, 3.8) is 0 Å². The van der Waals surface area contributed by atoms with Crippen LogP contribution in [0.25, 0.3) is 11.1 Å². The summed E-state index contributed by atoms with van der Waals surface area (Å²) in [6.07, 6.45) is 3.80. The lowest BCUT2D eigenvalue weighted by molar-refractivity contribution is 0.174. The predicted octanol–water partition coefficient (Wildman–Crippen LogP) is 4.56. The van der Waals surface area contributed by atoms with Gasteiger partial charge < -0.3 is 20.1 Å². The Kier molecular flexibility index (Phi) is 4.77. The van der Waals surface area contributed by atoms with Crippen molar-refractivity contribution in [3.05, 3.63) is 48.7 Å². The fraction of sp³-hybridized carbons (Fsp3) is 0.238. The van der Waals surface area contributed by atoms with Crippen LogP contribution in [0.15, 0.2) is 53.6 Å². The van der Waals surface area contributed by atoms with E-state index in [4.69, 9.17) is 19.2 Å². The number of hydrogen-bond acceptors (Lipinski definition) is 7. The molecule has 7 nitrogen and oxygen atoms in total. The maximum absolute atomic E-state index is 8.43. The highest BCUT2D eigenvalue weighted by Crippen LogP contribution is 2.37. The van der Waals surface area contributed by atoms with Crippen LogP contribution < -0.4 is 20.1 Å². The summed E-state index contributed by atoms with van der Waals surface area (Å²) in [4.78, 5) is 10.3. The number of nitrogens with one attached hydrogen (secondary N) is 3. The van der Waals surface area contributed by atoms with Gasteiger partial charge in [0.25, 0.3) is 0 Å². The molecule has 1 atom stereocenters. The molecule has 0 amide bonds. The van der Waals surface area contributed by atoms with E-state index in [0.29, 0.717) is 5.95 Å². The summed E-state index contributed by atoms with van der Waals surface area (Å²) < 4.78 is 19.4. The third-order valence-corrected chi connectivity index (χ3v) is 6.43. The van der Waals surface area contributed by atoms with Crippen LogP contribution in [-0.4, -0.2) is 29.1 Å². The highest BCUT2D eigenvalue weighted by atomic mass is 32.2. The molecule has 29 heavy (non-hydrogen) atoms. The lowest BCUT2D eigenvalue weighted by atomic mass is 10.1. The molecule has 3 heterocycles. The van der Waals surface area contributed by atoms with Crippen molar-refractivity contribution >= 4 is 28.1 Å². The smallest absolute Gasteiger partial charge is 0.231 e. The Morgan fingerprint density at radius 2 is 1.97 bits per heavy atom. The zero-order valence-corrected chi connectivity index (χ0v) is 16.6. The van der Waals surface area contributed by atoms with E-state index in [9.17, 15) is 0 Å². The van der Waals surface area contributed by atoms with Crippen LogP contribution in [0.4, 0.5) is 17.5 Å². The van der Waals surface area contributed by atoms with Crippen molar-refractivity contribution in [1.82, 2.24) is 9.97 Å². The Balaban J connectivity index is 1.52. The van der Waals surface area contributed by atoms with Crippen LogP contribution in [0.2, 0.25) is 0 Å². The van der Waals surface area contributed by atoms with E-state index in [1.165, 1.54) is 0 Å². The summed E-state index contributed by atoms with van der Waals surface area (Å²) in [7, 11) is -0.507. The van der Waals surface area contributed by atoms with Crippen molar-refractivity contribution in [2.45, 2.75) is 17.7 Å². The number of anilines is 3. The molecule has 0 fully saturated rings. The molecular formula is C21H21N5O2S. The first kappa shape index (κ1) is 17.9. The molecule has 0 aliphatic carbocycles. The lowest BCUT2D eigenvalue weighted by Gasteiger charge is -2.13. The molecule has 1 aromatic heterocycles. The Bertz CT molecular complexity index is 1090. The van der Waals surface area contributed by atoms with Crippen LogP contribution in [0.5, 0.6) is 11.5 Å². The van der Waals surface area contributed by atoms with Crippen LogP contribution >= 0.6 is 0 Å². The van der Waals surface area contributed by atoms with Gasteiger partial charge in [-0.1, -0.05) is 22.8 Å². The van der Waals surface area contributed by atoms with E-state index in [1.807, 2.05) is 48.7 Å². The Hall–Kier alpha value is -3.13. The van der Waals surface area contributed by atoms with E-state index in [1.54, 1.807) is 0 Å². The molecule has 2 aliphatic heterocycles. The highest BCUT2D eigenvalue weighted by molar-refractivity contribution is 7.86. The van der Waals surface area contributed by atoms with Gasteiger partial charge in [0.15, 0.2) is 11.5 Å². The zero-order valence-electron chi connectivity index (χ0n) is 15.8. The van der Waals surface area contributed by atoms with Crippen molar-refractivity contribution in [1.29, 1.82) is 4.78 Å². The molecule has 3 aromatic rings. The molecular weight excluding hydrogens is 386 g/mol.